The SMILES string of the molecule is Cc1c(-c2ccccc2)nc(-c2ccccc2)nc1-c1ccc(-n2c3ccccc3c3c2c(-n2c4ccccc4c4ccccc42)cc2c4ccccc4n(-c4ccccc4)c23)c2c1oc1ccccc12. The average Bonchev–Trinajstić information content (AvgIpc) is 4.18. The first kappa shape index (κ1) is 39.5. The molecule has 5 heterocycles. The lowest BCUT2D eigenvalue weighted by Gasteiger charge is -2.18. The van der Waals surface area contributed by atoms with E-state index in [1.54, 1.807) is 0 Å². The van der Waals surface area contributed by atoms with E-state index in [1.165, 1.54) is 26.9 Å². The van der Waals surface area contributed by atoms with Crippen molar-refractivity contribution in [1.29, 1.82) is 0 Å². The molecule has 332 valence electrons. The molecule has 0 saturated carbocycles. The molecule has 0 spiro atoms. The van der Waals surface area contributed by atoms with E-state index in [4.69, 9.17) is 14.4 Å². The molecule has 0 aliphatic heterocycles. The molecule has 5 aromatic heterocycles. The standard InChI is InChI=1S/C65H41N5O/c1-40-60(41-21-5-2-6-22-41)66-65(42-23-7-3-8-24-42)67-61(40)49-37-38-55(58-48-31-15-20-36-57(48)71-64(49)58)70-54-35-19-14-30-47(54)59-62-50(46-29-13-16-32-51(46)68(62)43-25-9-4-10-26-43)39-56(63(59)70)69-52-33-17-11-27-44(52)45-28-12-18-34-53(45)69/h2-39H,1H3. The van der Waals surface area contributed by atoms with Crippen LogP contribution in [-0.2, 0) is 0 Å². The molecule has 6 nitrogen and oxygen atoms in total. The van der Waals surface area contributed by atoms with Gasteiger partial charge in [0.05, 0.1) is 61.2 Å². The summed E-state index contributed by atoms with van der Waals surface area (Å²) in [6.45, 7) is 2.14. The number of furan rings is 1. The van der Waals surface area contributed by atoms with E-state index in [0.717, 1.165) is 111 Å². The van der Waals surface area contributed by atoms with Gasteiger partial charge in [-0.15, -0.1) is 0 Å². The highest BCUT2D eigenvalue weighted by atomic mass is 16.3. The number of rotatable bonds is 6. The number of benzene rings is 10. The number of hydrogen-bond acceptors (Lipinski definition) is 3. The molecule has 0 saturated heterocycles. The highest BCUT2D eigenvalue weighted by Gasteiger charge is 2.29. The molecule has 0 unspecified atom stereocenters. The van der Waals surface area contributed by atoms with Gasteiger partial charge in [0, 0.05) is 65.6 Å². The molecule has 0 N–H and O–H groups in total. The predicted molar refractivity (Wildman–Crippen MR) is 293 cm³/mol. The van der Waals surface area contributed by atoms with Gasteiger partial charge in [-0.1, -0.05) is 170 Å². The summed E-state index contributed by atoms with van der Waals surface area (Å²) >= 11 is 0. The fourth-order valence-corrected chi connectivity index (χ4v) is 11.6. The van der Waals surface area contributed by atoms with Crippen molar-refractivity contribution in [2.24, 2.45) is 0 Å². The van der Waals surface area contributed by atoms with E-state index in [1.807, 2.05) is 24.3 Å². The third kappa shape index (κ3) is 5.70. The van der Waals surface area contributed by atoms with E-state index < -0.39 is 0 Å². The van der Waals surface area contributed by atoms with Crippen molar-refractivity contribution in [3.63, 3.8) is 0 Å². The number of aromatic nitrogens is 5. The summed E-state index contributed by atoms with van der Waals surface area (Å²) in [5.41, 5.74) is 17.2. The molecule has 6 heteroatoms. The zero-order chi connectivity index (χ0) is 46.7. The Kier molecular flexibility index (Phi) is 8.47. The molecular formula is C65H41N5O. The van der Waals surface area contributed by atoms with Crippen LogP contribution in [0.4, 0.5) is 0 Å². The Morgan fingerprint density at radius 1 is 0.366 bits per heavy atom. The van der Waals surface area contributed by atoms with Gasteiger partial charge >= 0.3 is 0 Å². The third-order valence-electron chi connectivity index (χ3n) is 14.6. The summed E-state index contributed by atoms with van der Waals surface area (Å²) < 4.78 is 14.7. The van der Waals surface area contributed by atoms with Crippen LogP contribution in [0.2, 0.25) is 0 Å². The van der Waals surface area contributed by atoms with Gasteiger partial charge in [0.2, 0.25) is 0 Å². The Labute approximate surface area is 407 Å². The van der Waals surface area contributed by atoms with Gasteiger partial charge in [-0.05, 0) is 67.6 Å². The second-order valence-corrected chi connectivity index (χ2v) is 18.5. The number of hydrogen-bond donors (Lipinski definition) is 0. The Morgan fingerprint density at radius 2 is 0.873 bits per heavy atom. The van der Waals surface area contributed by atoms with Crippen LogP contribution in [-0.4, -0.2) is 23.7 Å². The van der Waals surface area contributed by atoms with Crippen molar-refractivity contribution in [3.05, 3.63) is 236 Å². The van der Waals surface area contributed by atoms with Crippen molar-refractivity contribution in [3.8, 4) is 51.0 Å². The lowest BCUT2D eigenvalue weighted by atomic mass is 9.98. The topological polar surface area (TPSA) is 53.7 Å². The molecule has 15 rings (SSSR count). The quantitative estimate of drug-likeness (QED) is 0.167. The van der Waals surface area contributed by atoms with Crippen LogP contribution in [0.15, 0.2) is 235 Å². The lowest BCUT2D eigenvalue weighted by Crippen LogP contribution is -2.03. The summed E-state index contributed by atoms with van der Waals surface area (Å²) in [6.07, 6.45) is 0. The number of para-hydroxylation sites is 6. The summed E-state index contributed by atoms with van der Waals surface area (Å²) in [4.78, 5) is 10.7. The molecule has 0 aliphatic carbocycles. The van der Waals surface area contributed by atoms with E-state index in [0.29, 0.717) is 5.82 Å². The first-order chi connectivity index (χ1) is 35.2. The maximum Gasteiger partial charge on any atom is 0.160 e. The highest BCUT2D eigenvalue weighted by Crippen LogP contribution is 2.49. The minimum absolute atomic E-state index is 0.662. The average molecular weight is 908 g/mol. The van der Waals surface area contributed by atoms with Crippen LogP contribution < -0.4 is 0 Å². The maximum atomic E-state index is 7.17. The van der Waals surface area contributed by atoms with Gasteiger partial charge in [0.1, 0.15) is 11.2 Å². The molecule has 0 bridgehead atoms. The molecule has 15 aromatic rings. The van der Waals surface area contributed by atoms with Gasteiger partial charge in [-0.3, -0.25) is 0 Å². The number of nitrogens with zero attached hydrogens (tertiary/aromatic N) is 5. The third-order valence-corrected chi connectivity index (χ3v) is 14.6. The normalized spacial score (nSPS) is 12.0. The summed E-state index contributed by atoms with van der Waals surface area (Å²) in [6, 6.07) is 82.3. The Bertz CT molecular complexity index is 4580. The van der Waals surface area contributed by atoms with E-state index in [2.05, 4.69) is 227 Å². The molecule has 0 atom stereocenters. The molecule has 0 aliphatic rings. The Balaban J connectivity index is 1.13. The van der Waals surface area contributed by atoms with Crippen molar-refractivity contribution >= 4 is 87.4 Å². The van der Waals surface area contributed by atoms with Crippen molar-refractivity contribution < 1.29 is 4.42 Å². The summed E-state index contributed by atoms with van der Waals surface area (Å²) in [5, 5.41) is 9.18. The fraction of sp³-hybridized carbons (Fsp3) is 0.0154. The molecular weight excluding hydrogens is 867 g/mol. The zero-order valence-corrected chi connectivity index (χ0v) is 38.6. The van der Waals surface area contributed by atoms with Crippen LogP contribution in [0.25, 0.3) is 138 Å². The van der Waals surface area contributed by atoms with E-state index >= 15 is 0 Å². The van der Waals surface area contributed by atoms with E-state index in [9.17, 15) is 0 Å². The smallest absolute Gasteiger partial charge is 0.160 e. The Morgan fingerprint density at radius 3 is 1.54 bits per heavy atom. The predicted octanol–water partition coefficient (Wildman–Crippen LogP) is 17.0. The van der Waals surface area contributed by atoms with Crippen LogP contribution in [0.5, 0.6) is 0 Å². The minimum Gasteiger partial charge on any atom is -0.455 e. The number of fused-ring (bicyclic) bond motifs is 13. The largest absolute Gasteiger partial charge is 0.455 e. The first-order valence-corrected chi connectivity index (χ1v) is 24.2. The minimum atomic E-state index is 0.662. The molecule has 0 radical (unpaired) electrons. The van der Waals surface area contributed by atoms with Crippen LogP contribution in [0.3, 0.4) is 0 Å². The van der Waals surface area contributed by atoms with Crippen LogP contribution in [0.1, 0.15) is 5.56 Å². The highest BCUT2D eigenvalue weighted by molar-refractivity contribution is 6.29. The molecule has 71 heavy (non-hydrogen) atoms. The second-order valence-electron chi connectivity index (χ2n) is 18.5. The summed E-state index contributed by atoms with van der Waals surface area (Å²) in [5.74, 6) is 0.662. The van der Waals surface area contributed by atoms with Crippen molar-refractivity contribution in [2.45, 2.75) is 6.92 Å². The molecule has 10 aromatic carbocycles. The van der Waals surface area contributed by atoms with Gasteiger partial charge in [-0.2, -0.15) is 0 Å². The van der Waals surface area contributed by atoms with E-state index in [-0.39, 0.29) is 0 Å². The van der Waals surface area contributed by atoms with Gasteiger partial charge in [0.25, 0.3) is 0 Å². The lowest BCUT2D eigenvalue weighted by molar-refractivity contribution is 0.669. The van der Waals surface area contributed by atoms with Gasteiger partial charge < -0.3 is 18.1 Å². The molecule has 0 fully saturated rings. The maximum absolute atomic E-state index is 7.17. The van der Waals surface area contributed by atoms with Gasteiger partial charge in [0.15, 0.2) is 5.82 Å². The van der Waals surface area contributed by atoms with Gasteiger partial charge in [-0.25, -0.2) is 9.97 Å². The molecule has 0 amide bonds. The monoisotopic (exact) mass is 907 g/mol. The first-order valence-electron chi connectivity index (χ1n) is 24.2. The summed E-state index contributed by atoms with van der Waals surface area (Å²) in [7, 11) is 0. The zero-order valence-electron chi connectivity index (χ0n) is 38.6. The van der Waals surface area contributed by atoms with Crippen molar-refractivity contribution in [1.82, 2.24) is 23.7 Å². The van der Waals surface area contributed by atoms with Crippen LogP contribution >= 0.6 is 0 Å². The van der Waals surface area contributed by atoms with Crippen LogP contribution in [0, 0.1) is 6.92 Å². The van der Waals surface area contributed by atoms with Crippen molar-refractivity contribution in [2.75, 3.05) is 0 Å². The Hall–Kier alpha value is -9.52. The fourth-order valence-electron chi connectivity index (χ4n) is 11.6. The second kappa shape index (κ2) is 15.2.